The van der Waals surface area contributed by atoms with E-state index in [-0.39, 0.29) is 12.3 Å². The lowest BCUT2D eigenvalue weighted by molar-refractivity contribution is -0.120. The summed E-state index contributed by atoms with van der Waals surface area (Å²) in [6.07, 6.45) is 5.44. The Morgan fingerprint density at radius 3 is 2.07 bits per heavy atom. The van der Waals surface area contributed by atoms with Crippen LogP contribution in [0.4, 0.5) is 0 Å². The first kappa shape index (κ1) is 28.5. The lowest BCUT2D eigenvalue weighted by Gasteiger charge is -2.29. The molecule has 1 aromatic carbocycles. The predicted molar refractivity (Wildman–Crippen MR) is 117 cm³/mol. The Morgan fingerprint density at radius 1 is 1.10 bits per heavy atom. The number of benzene rings is 1. The first-order valence-corrected chi connectivity index (χ1v) is 12.8. The number of rotatable bonds is 6. The topological polar surface area (TPSA) is 153 Å². The Balaban J connectivity index is 0.000000429. The number of para-hydroxylation sites is 1. The summed E-state index contributed by atoms with van der Waals surface area (Å²) in [6, 6.07) is 8.03. The van der Waals surface area contributed by atoms with Gasteiger partial charge in [0.2, 0.25) is 5.91 Å². The number of fused-ring (bicyclic) bond motifs is 1. The maximum atomic E-state index is 10.7. The SMILES string of the molecule is C1=Cc2ccccc2OC1.CCC(C)(P(=O)(O)O)P(=O)(O)O.CCCNC(=O)CC. The average molecular weight is 465 g/mol. The molecule has 0 bridgehead atoms. The van der Waals surface area contributed by atoms with Gasteiger partial charge < -0.3 is 29.6 Å². The van der Waals surface area contributed by atoms with Gasteiger partial charge in [-0.25, -0.2) is 0 Å². The number of ether oxygens (including phenoxy) is 1. The van der Waals surface area contributed by atoms with Gasteiger partial charge in [0.25, 0.3) is 0 Å². The molecule has 172 valence electrons. The third-order valence-corrected chi connectivity index (χ3v) is 9.08. The molecule has 0 fully saturated rings. The van der Waals surface area contributed by atoms with E-state index in [2.05, 4.69) is 11.4 Å². The van der Waals surface area contributed by atoms with Crippen molar-refractivity contribution < 1.29 is 38.2 Å². The molecule has 1 aliphatic rings. The second-order valence-corrected chi connectivity index (χ2v) is 11.1. The summed E-state index contributed by atoms with van der Waals surface area (Å²) in [7, 11) is -9.54. The van der Waals surface area contributed by atoms with Gasteiger partial charge in [-0.3, -0.25) is 13.9 Å². The van der Waals surface area contributed by atoms with Gasteiger partial charge in [0, 0.05) is 18.5 Å². The van der Waals surface area contributed by atoms with Crippen molar-refractivity contribution in [2.75, 3.05) is 13.2 Å². The van der Waals surface area contributed by atoms with Crippen LogP contribution in [0, 0.1) is 0 Å². The summed E-state index contributed by atoms with van der Waals surface area (Å²) in [5.74, 6) is 1.14. The van der Waals surface area contributed by atoms with Gasteiger partial charge >= 0.3 is 15.2 Å². The Morgan fingerprint density at radius 2 is 1.67 bits per heavy atom. The second-order valence-electron chi connectivity index (χ2n) is 6.61. The minimum Gasteiger partial charge on any atom is -0.489 e. The van der Waals surface area contributed by atoms with Gasteiger partial charge in [-0.05, 0) is 31.9 Å². The number of nitrogens with one attached hydrogen (secondary N) is 1. The molecule has 0 saturated carbocycles. The van der Waals surface area contributed by atoms with Gasteiger partial charge in [-0.15, -0.1) is 0 Å². The number of amides is 1. The summed E-state index contributed by atoms with van der Waals surface area (Å²) in [6.45, 7) is 7.61. The normalized spacial score (nSPS) is 12.9. The van der Waals surface area contributed by atoms with E-state index in [4.69, 9.17) is 24.3 Å². The molecule has 11 heteroatoms. The van der Waals surface area contributed by atoms with E-state index in [1.54, 1.807) is 0 Å². The highest BCUT2D eigenvalue weighted by Gasteiger charge is 2.54. The van der Waals surface area contributed by atoms with E-state index < -0.39 is 20.1 Å². The Kier molecular flexibility index (Phi) is 12.4. The molecule has 0 radical (unpaired) electrons. The maximum absolute atomic E-state index is 10.7. The molecule has 1 aliphatic heterocycles. The van der Waals surface area contributed by atoms with Crippen LogP contribution in [-0.4, -0.2) is 43.5 Å². The molecule has 2 rings (SSSR count). The Bertz CT molecular complexity index is 762. The van der Waals surface area contributed by atoms with Gasteiger partial charge in [-0.2, -0.15) is 0 Å². The zero-order valence-corrected chi connectivity index (χ0v) is 19.6. The predicted octanol–water partition coefficient (Wildman–Crippen LogP) is 3.48. The van der Waals surface area contributed by atoms with Crippen molar-refractivity contribution in [1.82, 2.24) is 5.32 Å². The fraction of sp³-hybridized carbons (Fsp3) is 0.526. The molecule has 30 heavy (non-hydrogen) atoms. The summed E-state index contributed by atoms with van der Waals surface area (Å²) < 4.78 is 26.8. The van der Waals surface area contributed by atoms with E-state index in [0.717, 1.165) is 25.6 Å². The highest BCUT2D eigenvalue weighted by atomic mass is 31.2. The lowest BCUT2D eigenvalue weighted by atomic mass is 10.1. The second kappa shape index (κ2) is 13.1. The molecule has 0 atom stereocenters. The highest BCUT2D eigenvalue weighted by molar-refractivity contribution is 7.72. The van der Waals surface area contributed by atoms with E-state index in [9.17, 15) is 13.9 Å². The van der Waals surface area contributed by atoms with Crippen LogP contribution in [0.3, 0.4) is 0 Å². The summed E-state index contributed by atoms with van der Waals surface area (Å²) >= 11 is 0. The zero-order valence-electron chi connectivity index (χ0n) is 17.8. The van der Waals surface area contributed by atoms with Crippen LogP contribution in [0.5, 0.6) is 5.75 Å². The first-order valence-electron chi connectivity index (χ1n) is 9.60. The molecule has 0 aromatic heterocycles. The third kappa shape index (κ3) is 9.13. The molecule has 5 N–H and O–H groups in total. The third-order valence-electron chi connectivity index (χ3n) is 4.37. The van der Waals surface area contributed by atoms with E-state index in [1.165, 1.54) is 12.5 Å². The van der Waals surface area contributed by atoms with Crippen molar-refractivity contribution in [3.8, 4) is 5.75 Å². The summed E-state index contributed by atoms with van der Waals surface area (Å²) in [5, 5.41) is 2.74. The van der Waals surface area contributed by atoms with Gasteiger partial charge in [-0.1, -0.05) is 45.0 Å². The first-order chi connectivity index (χ1) is 13.8. The number of carbonyl (C=O) groups excluding carboxylic acids is 1. The van der Waals surface area contributed by atoms with Crippen LogP contribution in [0.2, 0.25) is 0 Å². The minimum atomic E-state index is -4.77. The van der Waals surface area contributed by atoms with Gasteiger partial charge in [0.15, 0.2) is 4.90 Å². The average Bonchev–Trinajstić information content (AvgIpc) is 2.70. The zero-order chi connectivity index (χ0) is 23.4. The molecular weight excluding hydrogens is 432 g/mol. The van der Waals surface area contributed by atoms with Crippen LogP contribution in [0.25, 0.3) is 6.08 Å². The monoisotopic (exact) mass is 465 g/mol. The molecule has 0 spiro atoms. The summed E-state index contributed by atoms with van der Waals surface area (Å²) in [5.41, 5.74) is 1.17. The van der Waals surface area contributed by atoms with Crippen LogP contribution in [-0.2, 0) is 13.9 Å². The van der Waals surface area contributed by atoms with Gasteiger partial charge in [0.1, 0.15) is 12.4 Å². The van der Waals surface area contributed by atoms with E-state index in [1.807, 2.05) is 44.2 Å². The van der Waals surface area contributed by atoms with Crippen molar-refractivity contribution in [1.29, 1.82) is 0 Å². The van der Waals surface area contributed by atoms with Crippen molar-refractivity contribution in [3.05, 3.63) is 35.9 Å². The van der Waals surface area contributed by atoms with Crippen molar-refractivity contribution >= 4 is 27.2 Å². The van der Waals surface area contributed by atoms with Crippen LogP contribution in [0.1, 0.15) is 52.5 Å². The molecular formula is C19H33NO8P2. The van der Waals surface area contributed by atoms with Crippen LogP contribution < -0.4 is 10.1 Å². The molecule has 0 saturated heterocycles. The fourth-order valence-electron chi connectivity index (χ4n) is 2.03. The van der Waals surface area contributed by atoms with Gasteiger partial charge in [0.05, 0.1) is 0 Å². The van der Waals surface area contributed by atoms with Crippen LogP contribution in [0.15, 0.2) is 30.3 Å². The quantitative estimate of drug-likeness (QED) is 0.400. The van der Waals surface area contributed by atoms with Crippen LogP contribution >= 0.6 is 15.2 Å². The molecule has 1 amide bonds. The largest absolute Gasteiger partial charge is 0.489 e. The molecule has 9 nitrogen and oxygen atoms in total. The minimum absolute atomic E-state index is 0.145. The van der Waals surface area contributed by atoms with Crippen molar-refractivity contribution in [3.63, 3.8) is 0 Å². The lowest BCUT2D eigenvalue weighted by Crippen LogP contribution is -2.23. The maximum Gasteiger partial charge on any atom is 0.343 e. The number of hydrogen-bond donors (Lipinski definition) is 5. The van der Waals surface area contributed by atoms with E-state index >= 15 is 0 Å². The smallest absolute Gasteiger partial charge is 0.343 e. The van der Waals surface area contributed by atoms with Crippen molar-refractivity contribution in [2.24, 2.45) is 0 Å². The molecule has 0 unspecified atom stereocenters. The molecule has 0 aliphatic carbocycles. The molecule has 1 aromatic rings. The van der Waals surface area contributed by atoms with Crippen molar-refractivity contribution in [2.45, 2.75) is 51.9 Å². The highest BCUT2D eigenvalue weighted by Crippen LogP contribution is 2.70. The summed E-state index contributed by atoms with van der Waals surface area (Å²) in [4.78, 5) is 43.0. The molecule has 1 heterocycles. The standard InChI is InChI=1S/C9H8O.C6H13NO.C4H12O6P2/c1-2-6-9-8(4-1)5-3-7-10-9;1-3-5-7-6(8)4-2;1-3-4(2,11(5,6)7)12(8,9)10/h1-6H,7H2;3-5H2,1-2H3,(H,7,8);3H2,1-2H3,(H2,5,6,7)(H2,8,9,10). The Hall–Kier alpha value is -1.47. The van der Waals surface area contributed by atoms with E-state index in [0.29, 0.717) is 13.0 Å². The number of carbonyl (C=O) groups is 1. The number of hydrogen-bond acceptors (Lipinski definition) is 4. The Labute approximate surface area is 177 Å². The fourth-order valence-corrected chi connectivity index (χ4v) is 4.22.